The second kappa shape index (κ2) is 5.61. The molecule has 3 fully saturated rings. The monoisotopic (exact) mass is 273 g/mol. The van der Waals surface area contributed by atoms with Gasteiger partial charge in [-0.2, -0.15) is 0 Å². The van der Waals surface area contributed by atoms with Crippen molar-refractivity contribution in [1.82, 2.24) is 15.2 Å². The van der Waals surface area contributed by atoms with Gasteiger partial charge in [0, 0.05) is 37.9 Å². The molecule has 106 valence electrons. The van der Waals surface area contributed by atoms with Gasteiger partial charge in [-0.3, -0.25) is 14.6 Å². The molecule has 5 nitrogen and oxygen atoms in total. The SMILES string of the molecule is O=C1N[C@H]2CC[C@@H]1CN(C(=O)CCc1cccnc1)C2. The van der Waals surface area contributed by atoms with Crippen LogP contribution in [-0.4, -0.2) is 40.8 Å². The maximum Gasteiger partial charge on any atom is 0.225 e. The smallest absolute Gasteiger partial charge is 0.225 e. The van der Waals surface area contributed by atoms with E-state index in [1.165, 1.54) is 0 Å². The summed E-state index contributed by atoms with van der Waals surface area (Å²) in [4.78, 5) is 30.0. The molecule has 2 bridgehead atoms. The van der Waals surface area contributed by atoms with E-state index in [9.17, 15) is 9.59 Å². The van der Waals surface area contributed by atoms with Crippen molar-refractivity contribution in [2.75, 3.05) is 13.1 Å². The Balaban J connectivity index is 1.59. The lowest BCUT2D eigenvalue weighted by atomic mass is 9.96. The first kappa shape index (κ1) is 13.1. The maximum absolute atomic E-state index is 12.3. The number of pyridine rings is 1. The molecule has 0 spiro atoms. The highest BCUT2D eigenvalue weighted by Crippen LogP contribution is 2.23. The van der Waals surface area contributed by atoms with Crippen LogP contribution in [0.3, 0.4) is 0 Å². The summed E-state index contributed by atoms with van der Waals surface area (Å²) >= 11 is 0. The predicted molar refractivity (Wildman–Crippen MR) is 73.8 cm³/mol. The number of amides is 2. The van der Waals surface area contributed by atoms with Crippen molar-refractivity contribution in [2.45, 2.75) is 31.7 Å². The van der Waals surface area contributed by atoms with Crippen molar-refractivity contribution in [1.29, 1.82) is 0 Å². The lowest BCUT2D eigenvalue weighted by molar-refractivity contribution is -0.131. The first-order valence-corrected chi connectivity index (χ1v) is 7.19. The van der Waals surface area contributed by atoms with Gasteiger partial charge in [-0.05, 0) is 30.9 Å². The quantitative estimate of drug-likeness (QED) is 0.884. The number of nitrogens with zero attached hydrogens (tertiary/aromatic N) is 2. The number of aryl methyl sites for hydroxylation is 1. The van der Waals surface area contributed by atoms with Crippen molar-refractivity contribution in [3.8, 4) is 0 Å². The first-order valence-electron chi connectivity index (χ1n) is 7.19. The fourth-order valence-electron chi connectivity index (χ4n) is 3.00. The van der Waals surface area contributed by atoms with E-state index in [4.69, 9.17) is 0 Å². The summed E-state index contributed by atoms with van der Waals surface area (Å²) in [6.45, 7) is 1.24. The Labute approximate surface area is 118 Å². The highest BCUT2D eigenvalue weighted by Gasteiger charge is 2.36. The third kappa shape index (κ3) is 2.81. The van der Waals surface area contributed by atoms with Gasteiger partial charge in [-0.1, -0.05) is 6.07 Å². The molecular formula is C15H19N3O2. The van der Waals surface area contributed by atoms with E-state index >= 15 is 0 Å². The number of rotatable bonds is 3. The van der Waals surface area contributed by atoms with Crippen molar-refractivity contribution in [3.63, 3.8) is 0 Å². The van der Waals surface area contributed by atoms with Gasteiger partial charge >= 0.3 is 0 Å². The fraction of sp³-hybridized carbons (Fsp3) is 0.533. The Morgan fingerprint density at radius 2 is 2.30 bits per heavy atom. The number of nitrogens with one attached hydrogen (secondary N) is 1. The molecule has 1 aromatic rings. The van der Waals surface area contributed by atoms with Crippen LogP contribution in [0.5, 0.6) is 0 Å². The summed E-state index contributed by atoms with van der Waals surface area (Å²) in [5.74, 6) is 0.238. The van der Waals surface area contributed by atoms with Gasteiger partial charge in [0.05, 0.1) is 5.92 Å². The van der Waals surface area contributed by atoms with Gasteiger partial charge in [0.2, 0.25) is 11.8 Å². The molecule has 0 saturated carbocycles. The van der Waals surface area contributed by atoms with Crippen molar-refractivity contribution >= 4 is 11.8 Å². The summed E-state index contributed by atoms with van der Waals surface area (Å²) < 4.78 is 0. The standard InChI is InChI=1S/C15H19N3O2/c19-14(6-3-11-2-1-7-16-8-11)18-9-12-4-5-13(10-18)17-15(12)20/h1-2,7-8,12-13H,3-6,9-10H2,(H,17,20)/t12-,13+/m1/s1. The molecule has 4 rings (SSSR count). The zero-order chi connectivity index (χ0) is 13.9. The summed E-state index contributed by atoms with van der Waals surface area (Å²) in [6, 6.07) is 4.01. The zero-order valence-electron chi connectivity index (χ0n) is 11.4. The van der Waals surface area contributed by atoms with E-state index in [-0.39, 0.29) is 23.8 Å². The second-order valence-electron chi connectivity index (χ2n) is 5.64. The molecule has 3 aliphatic heterocycles. The number of aromatic nitrogens is 1. The van der Waals surface area contributed by atoms with Crippen LogP contribution in [0, 0.1) is 5.92 Å². The Hall–Kier alpha value is -1.91. The third-order valence-electron chi connectivity index (χ3n) is 4.17. The number of hydrogen-bond acceptors (Lipinski definition) is 3. The summed E-state index contributed by atoms with van der Waals surface area (Å²) in [5.41, 5.74) is 1.08. The van der Waals surface area contributed by atoms with Gasteiger partial charge < -0.3 is 10.2 Å². The molecule has 0 aliphatic carbocycles. The molecule has 0 aromatic carbocycles. The molecule has 3 aliphatic rings. The number of carbonyl (C=O) groups is 2. The first-order chi connectivity index (χ1) is 9.72. The minimum atomic E-state index is -0.0175. The molecule has 0 unspecified atom stereocenters. The van der Waals surface area contributed by atoms with E-state index in [0.717, 1.165) is 18.4 Å². The van der Waals surface area contributed by atoms with E-state index in [1.54, 1.807) is 12.4 Å². The van der Waals surface area contributed by atoms with Crippen LogP contribution in [0.4, 0.5) is 0 Å². The molecule has 1 aromatic heterocycles. The Morgan fingerprint density at radius 3 is 3.05 bits per heavy atom. The van der Waals surface area contributed by atoms with Crippen LogP contribution < -0.4 is 5.32 Å². The zero-order valence-corrected chi connectivity index (χ0v) is 11.4. The lowest BCUT2D eigenvalue weighted by Crippen LogP contribution is -2.43. The van der Waals surface area contributed by atoms with Crippen LogP contribution in [0.2, 0.25) is 0 Å². The topological polar surface area (TPSA) is 62.3 Å². The Bertz CT molecular complexity index is 503. The van der Waals surface area contributed by atoms with Gasteiger partial charge in [0.25, 0.3) is 0 Å². The highest BCUT2D eigenvalue weighted by atomic mass is 16.2. The normalized spacial score (nSPS) is 25.2. The van der Waals surface area contributed by atoms with Gasteiger partial charge in [-0.25, -0.2) is 0 Å². The fourth-order valence-corrected chi connectivity index (χ4v) is 3.00. The number of hydrogen-bond donors (Lipinski definition) is 1. The van der Waals surface area contributed by atoms with Gasteiger partial charge in [0.1, 0.15) is 0 Å². The molecule has 5 heteroatoms. The number of carbonyl (C=O) groups excluding carboxylic acids is 2. The molecule has 3 saturated heterocycles. The van der Waals surface area contributed by atoms with Crippen LogP contribution >= 0.6 is 0 Å². The summed E-state index contributed by atoms with van der Waals surface area (Å²) in [7, 11) is 0. The van der Waals surface area contributed by atoms with Crippen LogP contribution in [0.1, 0.15) is 24.8 Å². The largest absolute Gasteiger partial charge is 0.351 e. The average molecular weight is 273 g/mol. The van der Waals surface area contributed by atoms with E-state index < -0.39 is 0 Å². The van der Waals surface area contributed by atoms with Crippen molar-refractivity contribution in [2.24, 2.45) is 5.92 Å². The Morgan fingerprint density at radius 1 is 1.40 bits per heavy atom. The van der Waals surface area contributed by atoms with Crippen LogP contribution in [0.15, 0.2) is 24.5 Å². The van der Waals surface area contributed by atoms with Crippen molar-refractivity contribution in [3.05, 3.63) is 30.1 Å². The third-order valence-corrected chi connectivity index (χ3v) is 4.17. The van der Waals surface area contributed by atoms with Crippen LogP contribution in [-0.2, 0) is 16.0 Å². The summed E-state index contributed by atoms with van der Waals surface area (Å²) in [5, 5.41) is 2.99. The van der Waals surface area contributed by atoms with Gasteiger partial charge in [0.15, 0.2) is 0 Å². The van der Waals surface area contributed by atoms with Crippen LogP contribution in [0.25, 0.3) is 0 Å². The minimum absolute atomic E-state index is 0.0175. The molecule has 20 heavy (non-hydrogen) atoms. The molecular weight excluding hydrogens is 254 g/mol. The number of piperidine rings is 1. The van der Waals surface area contributed by atoms with Crippen molar-refractivity contribution < 1.29 is 9.59 Å². The molecule has 1 N–H and O–H groups in total. The van der Waals surface area contributed by atoms with E-state index in [0.29, 0.717) is 25.9 Å². The number of fused-ring (bicyclic) bond motifs is 4. The molecule has 0 radical (unpaired) electrons. The Kier molecular flexibility index (Phi) is 3.67. The van der Waals surface area contributed by atoms with Gasteiger partial charge in [-0.15, -0.1) is 0 Å². The predicted octanol–water partition coefficient (Wildman–Crippen LogP) is 0.751. The minimum Gasteiger partial charge on any atom is -0.351 e. The second-order valence-corrected chi connectivity index (χ2v) is 5.64. The van der Waals surface area contributed by atoms with E-state index in [2.05, 4.69) is 10.3 Å². The summed E-state index contributed by atoms with van der Waals surface area (Å²) in [6.07, 6.45) is 6.62. The molecule has 2 amide bonds. The lowest BCUT2D eigenvalue weighted by Gasteiger charge is -2.23. The molecule has 2 atom stereocenters. The average Bonchev–Trinajstić information content (AvgIpc) is 2.77. The highest BCUT2D eigenvalue weighted by molar-refractivity contribution is 5.83. The molecule has 4 heterocycles. The maximum atomic E-state index is 12.3. The van der Waals surface area contributed by atoms with E-state index in [1.807, 2.05) is 17.0 Å².